The first kappa shape index (κ1) is 14.6. The van der Waals surface area contributed by atoms with E-state index < -0.39 is 0 Å². The van der Waals surface area contributed by atoms with Crippen LogP contribution in [0.15, 0.2) is 24.3 Å². The van der Waals surface area contributed by atoms with E-state index in [1.165, 1.54) is 43.2 Å². The van der Waals surface area contributed by atoms with Gasteiger partial charge >= 0.3 is 0 Å². The molecule has 2 rings (SSSR count). The van der Waals surface area contributed by atoms with E-state index in [4.69, 9.17) is 0 Å². The molecule has 1 aromatic rings. The third-order valence-electron chi connectivity index (χ3n) is 4.72. The Morgan fingerprint density at radius 2 is 1.58 bits per heavy atom. The monoisotopic (exact) mass is 259 g/mol. The molecule has 0 N–H and O–H groups in total. The molecule has 106 valence electrons. The van der Waals surface area contributed by atoms with E-state index in [1.807, 2.05) is 0 Å². The highest BCUT2D eigenvalue weighted by atomic mass is 15.1. The van der Waals surface area contributed by atoms with E-state index in [0.717, 1.165) is 12.0 Å². The number of benzene rings is 1. The smallest absolute Gasteiger partial charge is 0.00893 e. The van der Waals surface area contributed by atoms with Gasteiger partial charge in [0.1, 0.15) is 0 Å². The van der Waals surface area contributed by atoms with E-state index in [9.17, 15) is 0 Å². The molecule has 1 aliphatic rings. The van der Waals surface area contributed by atoms with Crippen LogP contribution in [-0.2, 0) is 6.42 Å². The highest BCUT2D eigenvalue weighted by molar-refractivity contribution is 5.25. The average Bonchev–Trinajstić information content (AvgIpc) is 2.40. The van der Waals surface area contributed by atoms with Crippen LogP contribution in [0.1, 0.15) is 56.6 Å². The Labute approximate surface area is 119 Å². The van der Waals surface area contributed by atoms with Crippen LogP contribution >= 0.6 is 0 Å². The van der Waals surface area contributed by atoms with Crippen LogP contribution < -0.4 is 0 Å². The molecule has 0 heterocycles. The maximum atomic E-state index is 2.40. The van der Waals surface area contributed by atoms with Gasteiger partial charge in [0, 0.05) is 6.04 Å². The maximum Gasteiger partial charge on any atom is 0.00893 e. The molecule has 1 heteroatoms. The summed E-state index contributed by atoms with van der Waals surface area (Å²) < 4.78 is 0. The van der Waals surface area contributed by atoms with Gasteiger partial charge in [-0.25, -0.2) is 0 Å². The van der Waals surface area contributed by atoms with Crippen LogP contribution in [0.5, 0.6) is 0 Å². The minimum atomic E-state index is 0.643. The summed E-state index contributed by atoms with van der Waals surface area (Å²) in [5.74, 6) is 1.55. The molecule has 0 aliphatic heterocycles. The van der Waals surface area contributed by atoms with Crippen molar-refractivity contribution in [2.24, 2.45) is 5.92 Å². The van der Waals surface area contributed by atoms with Crippen LogP contribution in [0.4, 0.5) is 0 Å². The molecule has 0 aromatic heterocycles. The van der Waals surface area contributed by atoms with Gasteiger partial charge in [0.2, 0.25) is 0 Å². The molecular formula is C18H29N. The lowest BCUT2D eigenvalue weighted by Crippen LogP contribution is -2.32. The fraction of sp³-hybridized carbons (Fsp3) is 0.667. The van der Waals surface area contributed by atoms with Gasteiger partial charge in [-0.3, -0.25) is 0 Å². The van der Waals surface area contributed by atoms with Crippen LogP contribution in [0.25, 0.3) is 0 Å². The largest absolute Gasteiger partial charge is 0.306 e. The molecular weight excluding hydrogens is 230 g/mol. The molecule has 0 unspecified atom stereocenters. The molecule has 1 aliphatic carbocycles. The van der Waals surface area contributed by atoms with Crippen molar-refractivity contribution in [2.75, 3.05) is 14.1 Å². The third-order valence-corrected chi connectivity index (χ3v) is 4.72. The van der Waals surface area contributed by atoms with Gasteiger partial charge in [0.25, 0.3) is 0 Å². The van der Waals surface area contributed by atoms with Gasteiger partial charge in [0.05, 0.1) is 0 Å². The first-order valence-corrected chi connectivity index (χ1v) is 7.81. The second-order valence-electron chi connectivity index (χ2n) is 6.74. The van der Waals surface area contributed by atoms with E-state index in [-0.39, 0.29) is 0 Å². The Balaban J connectivity index is 1.85. The lowest BCUT2D eigenvalue weighted by molar-refractivity contribution is 0.193. The van der Waals surface area contributed by atoms with Crippen LogP contribution in [0.3, 0.4) is 0 Å². The quantitative estimate of drug-likeness (QED) is 0.771. The van der Waals surface area contributed by atoms with Crippen LogP contribution in [0, 0.1) is 5.92 Å². The summed E-state index contributed by atoms with van der Waals surface area (Å²) in [5, 5.41) is 0. The van der Waals surface area contributed by atoms with Gasteiger partial charge in [-0.1, -0.05) is 38.1 Å². The first-order valence-electron chi connectivity index (χ1n) is 7.81. The molecule has 0 radical (unpaired) electrons. The van der Waals surface area contributed by atoms with Crippen molar-refractivity contribution in [1.29, 1.82) is 0 Å². The van der Waals surface area contributed by atoms with E-state index in [0.29, 0.717) is 5.92 Å². The summed E-state index contributed by atoms with van der Waals surface area (Å²) in [4.78, 5) is 2.40. The zero-order chi connectivity index (χ0) is 13.8. The van der Waals surface area contributed by atoms with Gasteiger partial charge < -0.3 is 4.90 Å². The van der Waals surface area contributed by atoms with E-state index in [1.54, 1.807) is 0 Å². The van der Waals surface area contributed by atoms with Crippen molar-refractivity contribution in [3.63, 3.8) is 0 Å². The summed E-state index contributed by atoms with van der Waals surface area (Å²) in [6.45, 7) is 4.52. The second-order valence-corrected chi connectivity index (χ2v) is 6.74. The summed E-state index contributed by atoms with van der Waals surface area (Å²) in [6, 6.07) is 10.1. The predicted octanol–water partition coefficient (Wildman–Crippen LogP) is 4.47. The topological polar surface area (TPSA) is 3.24 Å². The van der Waals surface area contributed by atoms with Crippen LogP contribution in [0.2, 0.25) is 0 Å². The molecule has 0 amide bonds. The SMILES string of the molecule is CC(C)c1ccc(CC2CCC(N(C)C)CC2)cc1. The van der Waals surface area contributed by atoms with Crippen molar-refractivity contribution in [2.45, 2.75) is 57.9 Å². The van der Waals surface area contributed by atoms with Crippen molar-refractivity contribution >= 4 is 0 Å². The lowest BCUT2D eigenvalue weighted by Gasteiger charge is -2.32. The van der Waals surface area contributed by atoms with Crippen molar-refractivity contribution in [3.05, 3.63) is 35.4 Å². The fourth-order valence-corrected chi connectivity index (χ4v) is 3.24. The highest BCUT2D eigenvalue weighted by Gasteiger charge is 2.22. The summed E-state index contributed by atoms with van der Waals surface area (Å²) >= 11 is 0. The number of nitrogens with zero attached hydrogens (tertiary/aromatic N) is 1. The Bertz CT molecular complexity index is 369. The normalized spacial score (nSPS) is 24.1. The highest BCUT2D eigenvalue weighted by Crippen LogP contribution is 2.29. The zero-order valence-corrected chi connectivity index (χ0v) is 13.0. The molecule has 0 bridgehead atoms. The summed E-state index contributed by atoms with van der Waals surface area (Å²) in [5.41, 5.74) is 2.98. The van der Waals surface area contributed by atoms with Crippen molar-refractivity contribution < 1.29 is 0 Å². The third kappa shape index (κ3) is 4.07. The molecule has 1 saturated carbocycles. The zero-order valence-electron chi connectivity index (χ0n) is 13.0. The molecule has 0 atom stereocenters. The van der Waals surface area contributed by atoms with Gasteiger partial charge in [0.15, 0.2) is 0 Å². The number of hydrogen-bond donors (Lipinski definition) is 0. The predicted molar refractivity (Wildman–Crippen MR) is 83.7 cm³/mol. The van der Waals surface area contributed by atoms with Crippen molar-refractivity contribution in [1.82, 2.24) is 4.90 Å². The standard InChI is InChI=1S/C18H29N/c1-14(2)17-9-5-15(6-10-17)13-16-7-11-18(12-8-16)19(3)4/h5-6,9-10,14,16,18H,7-8,11-13H2,1-4H3. The van der Waals surface area contributed by atoms with Gasteiger partial charge in [-0.15, -0.1) is 0 Å². The number of rotatable bonds is 4. The van der Waals surface area contributed by atoms with Crippen molar-refractivity contribution in [3.8, 4) is 0 Å². The Morgan fingerprint density at radius 3 is 2.05 bits per heavy atom. The summed E-state index contributed by atoms with van der Waals surface area (Å²) in [7, 11) is 4.44. The fourth-order valence-electron chi connectivity index (χ4n) is 3.24. The van der Waals surface area contributed by atoms with E-state index >= 15 is 0 Å². The molecule has 0 spiro atoms. The second kappa shape index (κ2) is 6.56. The molecule has 1 nitrogen and oxygen atoms in total. The Morgan fingerprint density at radius 1 is 1.00 bits per heavy atom. The average molecular weight is 259 g/mol. The number of hydrogen-bond acceptors (Lipinski definition) is 1. The summed E-state index contributed by atoms with van der Waals surface area (Å²) in [6.07, 6.45) is 6.82. The Kier molecular flexibility index (Phi) is 5.04. The minimum Gasteiger partial charge on any atom is -0.306 e. The lowest BCUT2D eigenvalue weighted by atomic mass is 9.82. The molecule has 1 aromatic carbocycles. The molecule has 1 fully saturated rings. The van der Waals surface area contributed by atoms with E-state index in [2.05, 4.69) is 57.1 Å². The Hall–Kier alpha value is -0.820. The minimum absolute atomic E-state index is 0.643. The van der Waals surface area contributed by atoms with Gasteiger partial charge in [-0.2, -0.15) is 0 Å². The van der Waals surface area contributed by atoms with Crippen LogP contribution in [-0.4, -0.2) is 25.0 Å². The maximum absolute atomic E-state index is 2.40. The van der Waals surface area contributed by atoms with Gasteiger partial charge in [-0.05, 0) is 69.2 Å². The molecule has 0 saturated heterocycles. The first-order chi connectivity index (χ1) is 9.06. The molecule has 19 heavy (non-hydrogen) atoms.